The third-order valence-corrected chi connectivity index (χ3v) is 8.92. The summed E-state index contributed by atoms with van der Waals surface area (Å²) in [6.07, 6.45) is 4.46. The van der Waals surface area contributed by atoms with E-state index < -0.39 is 6.10 Å². The van der Waals surface area contributed by atoms with Gasteiger partial charge < -0.3 is 9.84 Å². The Morgan fingerprint density at radius 2 is 1.96 bits per heavy atom. The fourth-order valence-electron chi connectivity index (χ4n) is 7.95. The van der Waals surface area contributed by atoms with Gasteiger partial charge in [0, 0.05) is 30.4 Å². The third-order valence-electron chi connectivity index (χ3n) is 8.92. The number of fused-ring (bicyclic) bond motifs is 5. The van der Waals surface area contributed by atoms with Crippen LogP contribution in [-0.2, 0) is 14.3 Å². The Labute approximate surface area is 162 Å². The summed E-state index contributed by atoms with van der Waals surface area (Å²) in [7, 11) is 1.67. The van der Waals surface area contributed by atoms with Gasteiger partial charge in [-0.15, -0.1) is 0 Å². The van der Waals surface area contributed by atoms with E-state index in [0.717, 1.165) is 37.7 Å². The maximum atomic E-state index is 13.6. The summed E-state index contributed by atoms with van der Waals surface area (Å²) in [5, 5.41) is 10.5. The van der Waals surface area contributed by atoms with Crippen LogP contribution in [-0.4, -0.2) is 36.0 Å². The second kappa shape index (κ2) is 6.25. The lowest BCUT2D eigenvalue weighted by atomic mass is 9.44. The Bertz CT molecular complexity index is 709. The minimum Gasteiger partial charge on any atom is -0.390 e. The van der Waals surface area contributed by atoms with Crippen LogP contribution in [0.2, 0.25) is 0 Å². The summed E-state index contributed by atoms with van der Waals surface area (Å²) in [4.78, 5) is 25.9. The van der Waals surface area contributed by atoms with E-state index in [2.05, 4.69) is 20.8 Å². The molecule has 0 saturated heterocycles. The molecule has 27 heavy (non-hydrogen) atoms. The van der Waals surface area contributed by atoms with Crippen LogP contribution >= 0.6 is 0 Å². The molecule has 0 aliphatic heterocycles. The lowest BCUT2D eigenvalue weighted by Gasteiger charge is -2.60. The maximum absolute atomic E-state index is 13.6. The summed E-state index contributed by atoms with van der Waals surface area (Å²) in [6, 6.07) is 0. The molecule has 0 heterocycles. The van der Waals surface area contributed by atoms with Crippen molar-refractivity contribution in [1.82, 2.24) is 0 Å². The van der Waals surface area contributed by atoms with Crippen LogP contribution < -0.4 is 0 Å². The molecule has 0 bridgehead atoms. The minimum atomic E-state index is -0.423. The number of Topliss-reactive ketones (excluding diaryl/α,β-unsaturated/α-hetero) is 2. The fourth-order valence-corrected chi connectivity index (χ4v) is 7.95. The van der Waals surface area contributed by atoms with E-state index in [4.69, 9.17) is 4.74 Å². The number of allylic oxidation sites excluding steroid dienone is 2. The number of methoxy groups -OCH3 is 1. The molecule has 4 aliphatic carbocycles. The monoisotopic (exact) mass is 374 g/mol. The van der Waals surface area contributed by atoms with Gasteiger partial charge in [-0.3, -0.25) is 9.59 Å². The van der Waals surface area contributed by atoms with Crippen molar-refractivity contribution in [2.45, 2.75) is 78.4 Å². The topological polar surface area (TPSA) is 63.6 Å². The van der Waals surface area contributed by atoms with E-state index in [1.807, 2.05) is 0 Å². The molecule has 4 rings (SSSR count). The highest BCUT2D eigenvalue weighted by atomic mass is 16.5. The van der Waals surface area contributed by atoms with Gasteiger partial charge in [-0.1, -0.05) is 19.4 Å². The smallest absolute Gasteiger partial charge is 0.156 e. The molecule has 0 aromatic heterocycles. The van der Waals surface area contributed by atoms with Crippen LogP contribution in [0.25, 0.3) is 0 Å². The van der Waals surface area contributed by atoms with Crippen LogP contribution in [0.4, 0.5) is 0 Å². The normalized spacial score (nSPS) is 49.5. The first-order valence-corrected chi connectivity index (χ1v) is 10.6. The van der Waals surface area contributed by atoms with Crippen molar-refractivity contribution in [2.75, 3.05) is 7.11 Å². The van der Waals surface area contributed by atoms with Gasteiger partial charge in [-0.25, -0.2) is 0 Å². The summed E-state index contributed by atoms with van der Waals surface area (Å²) in [5.41, 5.74) is 1.74. The van der Waals surface area contributed by atoms with Crippen LogP contribution in [0.5, 0.6) is 0 Å². The molecule has 4 aliphatic rings. The van der Waals surface area contributed by atoms with Crippen molar-refractivity contribution in [3.63, 3.8) is 0 Å². The van der Waals surface area contributed by atoms with Gasteiger partial charge in [0.05, 0.1) is 12.2 Å². The average molecular weight is 375 g/mol. The average Bonchev–Trinajstić information content (AvgIpc) is 2.84. The van der Waals surface area contributed by atoms with Crippen LogP contribution in [0.1, 0.15) is 66.2 Å². The van der Waals surface area contributed by atoms with Gasteiger partial charge in [-0.2, -0.15) is 0 Å². The fraction of sp³-hybridized carbons (Fsp3) is 0.826. The molecule has 4 nitrogen and oxygen atoms in total. The molecular formula is C23H34O4. The molecule has 4 heteroatoms. The molecule has 0 spiro atoms. The summed E-state index contributed by atoms with van der Waals surface area (Å²) >= 11 is 0. The zero-order valence-corrected chi connectivity index (χ0v) is 17.4. The summed E-state index contributed by atoms with van der Waals surface area (Å²) < 4.78 is 5.59. The van der Waals surface area contributed by atoms with E-state index in [0.29, 0.717) is 30.0 Å². The molecule has 0 aromatic rings. The lowest BCUT2D eigenvalue weighted by Crippen LogP contribution is -2.59. The highest BCUT2D eigenvalue weighted by Gasteiger charge is 2.63. The largest absolute Gasteiger partial charge is 0.390 e. The quantitative estimate of drug-likeness (QED) is 0.800. The zero-order chi connectivity index (χ0) is 19.7. The Morgan fingerprint density at radius 3 is 2.59 bits per heavy atom. The van der Waals surface area contributed by atoms with E-state index in [-0.39, 0.29) is 28.6 Å². The van der Waals surface area contributed by atoms with Crippen molar-refractivity contribution in [3.05, 3.63) is 11.1 Å². The van der Waals surface area contributed by atoms with Crippen LogP contribution in [0.3, 0.4) is 0 Å². The number of ketones is 2. The molecular weight excluding hydrogens is 340 g/mol. The van der Waals surface area contributed by atoms with Gasteiger partial charge in [0.2, 0.25) is 0 Å². The van der Waals surface area contributed by atoms with Gasteiger partial charge in [0.1, 0.15) is 5.78 Å². The Morgan fingerprint density at radius 1 is 1.26 bits per heavy atom. The zero-order valence-electron chi connectivity index (χ0n) is 17.4. The predicted molar refractivity (Wildman–Crippen MR) is 103 cm³/mol. The highest BCUT2D eigenvalue weighted by Crippen LogP contribution is 2.66. The number of carbonyl (C=O) groups is 2. The van der Waals surface area contributed by atoms with Gasteiger partial charge in [0.15, 0.2) is 5.78 Å². The van der Waals surface area contributed by atoms with Gasteiger partial charge >= 0.3 is 0 Å². The van der Waals surface area contributed by atoms with E-state index in [1.54, 1.807) is 14.0 Å². The van der Waals surface area contributed by atoms with Gasteiger partial charge in [-0.05, 0) is 69.1 Å². The number of aliphatic hydroxyl groups is 1. The van der Waals surface area contributed by atoms with Crippen LogP contribution in [0.15, 0.2) is 11.1 Å². The SMILES string of the molecule is CO[C@H]1C[C@@]2(C)[C@@H](CC[C@@H]3[C@@H]2C(=O)C[C@]2(C)C(C(C)=O)=C(C)C[C@@H]32)C[C@@H]1O. The number of hydrogen-bond donors (Lipinski definition) is 1. The third kappa shape index (κ3) is 2.55. The standard InChI is InChI=1S/C23H34O4/c1-12-8-16-15-7-6-14-9-17(25)19(27-5)11-22(14,3)21(15)18(26)10-23(16,4)20(12)13(2)24/h14-17,19,21,25H,6-11H2,1-5H3/t14-,15-,16-,17-,19-,21+,22-,23-/m0/s1. The predicted octanol–water partition coefficient (Wildman–Crippen LogP) is 3.71. The van der Waals surface area contributed by atoms with E-state index in [1.165, 1.54) is 5.57 Å². The van der Waals surface area contributed by atoms with Crippen molar-refractivity contribution in [3.8, 4) is 0 Å². The second-order valence-corrected chi connectivity index (χ2v) is 10.3. The summed E-state index contributed by atoms with van der Waals surface area (Å²) in [5.74, 6) is 1.64. The van der Waals surface area contributed by atoms with Gasteiger partial charge in [0.25, 0.3) is 0 Å². The second-order valence-electron chi connectivity index (χ2n) is 10.3. The Balaban J connectivity index is 1.71. The minimum absolute atomic E-state index is 0.0404. The van der Waals surface area contributed by atoms with Crippen LogP contribution in [0, 0.1) is 34.5 Å². The van der Waals surface area contributed by atoms with Crippen molar-refractivity contribution < 1.29 is 19.4 Å². The van der Waals surface area contributed by atoms with E-state index >= 15 is 0 Å². The van der Waals surface area contributed by atoms with Crippen molar-refractivity contribution in [1.29, 1.82) is 0 Å². The first-order chi connectivity index (χ1) is 12.6. The van der Waals surface area contributed by atoms with Crippen molar-refractivity contribution >= 4 is 11.6 Å². The number of hydrogen-bond acceptors (Lipinski definition) is 4. The molecule has 3 saturated carbocycles. The number of ether oxygens (including phenoxy) is 1. The molecule has 0 aromatic carbocycles. The first-order valence-electron chi connectivity index (χ1n) is 10.6. The molecule has 150 valence electrons. The molecule has 8 atom stereocenters. The molecule has 0 unspecified atom stereocenters. The number of carbonyl (C=O) groups excluding carboxylic acids is 2. The molecule has 3 fully saturated rings. The molecule has 0 radical (unpaired) electrons. The Hall–Kier alpha value is -1.00. The molecule has 1 N–H and O–H groups in total. The van der Waals surface area contributed by atoms with E-state index in [9.17, 15) is 14.7 Å². The molecule has 0 amide bonds. The Kier molecular flexibility index (Phi) is 4.47. The summed E-state index contributed by atoms with van der Waals surface area (Å²) in [6.45, 7) is 8.18. The first kappa shape index (κ1) is 19.3. The lowest BCUT2D eigenvalue weighted by molar-refractivity contribution is -0.173. The number of aliphatic hydroxyl groups excluding tert-OH is 1. The van der Waals surface area contributed by atoms with Crippen molar-refractivity contribution in [2.24, 2.45) is 34.5 Å². The maximum Gasteiger partial charge on any atom is 0.156 e. The number of rotatable bonds is 2. The highest BCUT2D eigenvalue weighted by molar-refractivity contribution is 5.98.